The monoisotopic (exact) mass is 837 g/mol. The molecule has 6 rings (SSSR count). The summed E-state index contributed by atoms with van der Waals surface area (Å²) < 4.78 is 110. The van der Waals surface area contributed by atoms with E-state index in [0.717, 1.165) is 6.07 Å². The van der Waals surface area contributed by atoms with Crippen LogP contribution < -0.4 is 105 Å². The molecule has 0 fully saturated rings. The zero-order valence-electron chi connectivity index (χ0n) is 28.5. The average molecular weight is 838 g/mol. The third-order valence-corrected chi connectivity index (χ3v) is 10.1. The summed E-state index contributed by atoms with van der Waals surface area (Å²) in [5, 5.41) is 3.74. The number of ketones is 1. The number of rotatable bonds is 8. The molecule has 24 heteroatoms. The van der Waals surface area contributed by atoms with E-state index in [1.165, 1.54) is 24.3 Å². The number of Topliss-reactive ketones (excluding diaryl/α,β-unsaturated/α-hetero) is 1. The topological polar surface area (TPSA) is 270 Å². The van der Waals surface area contributed by atoms with E-state index in [4.69, 9.17) is 11.6 Å². The van der Waals surface area contributed by atoms with Crippen molar-refractivity contribution in [1.82, 2.24) is 15.0 Å². The number of H-pyrrole nitrogens is 1. The molecule has 0 radical (unpaired) electrons. The Morgan fingerprint density at radius 1 is 0.815 bits per heavy atom. The van der Waals surface area contributed by atoms with E-state index in [1.54, 1.807) is 48.3 Å². The number of hydrogen-bond acceptors (Lipinski definition) is 16. The van der Waals surface area contributed by atoms with Crippen LogP contribution in [0.5, 0.6) is 0 Å². The van der Waals surface area contributed by atoms with E-state index in [9.17, 15) is 43.7 Å². The molecule has 0 amide bonds. The Kier molecular flexibility index (Phi) is 15.2. The fourth-order valence-corrected chi connectivity index (χ4v) is 7.30. The van der Waals surface area contributed by atoms with Crippen LogP contribution in [0.1, 0.15) is 15.9 Å². The molecule has 17 nitrogen and oxygen atoms in total. The van der Waals surface area contributed by atoms with Gasteiger partial charge in [0.05, 0.1) is 31.6 Å². The number of hydrazone groups is 1. The second-order valence-electron chi connectivity index (χ2n) is 10.6. The Bertz CT molecular complexity index is 2770. The van der Waals surface area contributed by atoms with Gasteiger partial charge in [0, 0.05) is 18.1 Å². The summed E-state index contributed by atoms with van der Waals surface area (Å²) in [4.78, 5) is 27.6. The molecule has 0 saturated carbocycles. The van der Waals surface area contributed by atoms with E-state index in [2.05, 4.69) is 30.5 Å². The second-order valence-corrected chi connectivity index (χ2v) is 15.0. The summed E-state index contributed by atoms with van der Waals surface area (Å²) in [6.07, 6.45) is 0.601. The van der Waals surface area contributed by atoms with Crippen LogP contribution in [0.3, 0.4) is 0 Å². The SMILES string of the molecule is CN(c1ccccc1)c1nc(Cl)nc(=Nc2cc(S(=O)(=O)[O-])cc3c2C(=O)/C(=N\Nc2ccc4ccccc4c2S(=O)(=O)[O-])C(S(=O)(=O)[O-])=C3)[nH]1.[Na+].[Na+].[Na+]. The van der Waals surface area contributed by atoms with E-state index in [-0.39, 0.29) is 111 Å². The molecule has 0 atom stereocenters. The van der Waals surface area contributed by atoms with Gasteiger partial charge in [-0.3, -0.25) is 15.2 Å². The number of para-hydroxylation sites is 1. The van der Waals surface area contributed by atoms with Crippen LogP contribution in [0.4, 0.5) is 23.0 Å². The van der Waals surface area contributed by atoms with Gasteiger partial charge in [0.15, 0.2) is 0 Å². The number of fused-ring (bicyclic) bond motifs is 2. The summed E-state index contributed by atoms with van der Waals surface area (Å²) in [7, 11) is -14.4. The maximum absolute atomic E-state index is 14.0. The minimum absolute atomic E-state index is 0. The van der Waals surface area contributed by atoms with Crippen molar-refractivity contribution in [1.29, 1.82) is 0 Å². The first kappa shape index (κ1) is 46.0. The van der Waals surface area contributed by atoms with Gasteiger partial charge in [-0.25, -0.2) is 30.2 Å². The Morgan fingerprint density at radius 3 is 2.09 bits per heavy atom. The predicted octanol–water partition coefficient (Wildman–Crippen LogP) is -6.02. The van der Waals surface area contributed by atoms with E-state index < -0.39 is 79.0 Å². The van der Waals surface area contributed by atoms with Crippen molar-refractivity contribution in [3.63, 3.8) is 0 Å². The maximum Gasteiger partial charge on any atom is 1.00 e. The summed E-state index contributed by atoms with van der Waals surface area (Å²) in [6.45, 7) is 0. The minimum Gasteiger partial charge on any atom is -0.744 e. The van der Waals surface area contributed by atoms with Gasteiger partial charge < -0.3 is 18.6 Å². The zero-order valence-corrected chi connectivity index (χ0v) is 37.7. The quantitative estimate of drug-likeness (QED) is 0.0837. The number of aromatic amines is 1. The van der Waals surface area contributed by atoms with E-state index in [1.807, 2.05) is 0 Å². The van der Waals surface area contributed by atoms with Crippen molar-refractivity contribution in [2.24, 2.45) is 10.1 Å². The molecule has 0 unspecified atom stereocenters. The fourth-order valence-electron chi connectivity index (χ4n) is 5.12. The van der Waals surface area contributed by atoms with Crippen molar-refractivity contribution < 1.29 is 132 Å². The zero-order chi connectivity index (χ0) is 36.9. The van der Waals surface area contributed by atoms with E-state index in [0.29, 0.717) is 29.3 Å². The van der Waals surface area contributed by atoms with Gasteiger partial charge in [-0.05, 0) is 59.0 Å². The normalized spacial score (nSPS) is 13.9. The molecule has 5 aromatic rings. The van der Waals surface area contributed by atoms with Crippen LogP contribution in [0.15, 0.2) is 104 Å². The second kappa shape index (κ2) is 17.8. The summed E-state index contributed by atoms with van der Waals surface area (Å²) in [5.41, 5.74) is -0.643. The number of nitrogens with zero attached hydrogens (tertiary/aromatic N) is 5. The first-order valence-electron chi connectivity index (χ1n) is 14.1. The Labute approximate surface area is 379 Å². The van der Waals surface area contributed by atoms with Gasteiger partial charge in [0.25, 0.3) is 0 Å². The maximum atomic E-state index is 14.0. The van der Waals surface area contributed by atoms with Crippen LogP contribution >= 0.6 is 11.6 Å². The fraction of sp³-hybridized carbons (Fsp3) is 0.0333. The third kappa shape index (κ3) is 9.95. The van der Waals surface area contributed by atoms with Gasteiger partial charge in [-0.15, -0.1) is 0 Å². The molecule has 2 N–H and O–H groups in total. The molecule has 54 heavy (non-hydrogen) atoms. The number of hydrogen-bond donors (Lipinski definition) is 2. The van der Waals surface area contributed by atoms with Crippen LogP contribution in [-0.2, 0) is 30.4 Å². The first-order chi connectivity index (χ1) is 23.9. The van der Waals surface area contributed by atoms with Crippen molar-refractivity contribution in [2.45, 2.75) is 9.79 Å². The van der Waals surface area contributed by atoms with Crippen LogP contribution in [0.2, 0.25) is 5.28 Å². The van der Waals surface area contributed by atoms with E-state index >= 15 is 0 Å². The van der Waals surface area contributed by atoms with Gasteiger partial charge in [0.1, 0.15) is 36.1 Å². The molecule has 4 aromatic carbocycles. The van der Waals surface area contributed by atoms with Crippen molar-refractivity contribution in [3.8, 4) is 0 Å². The number of anilines is 3. The number of carbonyl (C=O) groups excluding carboxylic acids is 1. The Balaban J connectivity index is 0.00000261. The summed E-state index contributed by atoms with van der Waals surface area (Å²) in [6, 6.07) is 18.6. The number of carbonyl (C=O) groups is 1. The smallest absolute Gasteiger partial charge is 0.744 e. The Morgan fingerprint density at radius 2 is 1.46 bits per heavy atom. The number of halogens is 1. The standard InChI is InChI=1S/C30H22ClN7O10S3.3Na/c1-38(18-8-3-2-4-9-18)30-34-28(31)33-29(35-30)32-22-15-19(49(40,41)42)13-17-14-23(50(43,44)45)25(26(39)24(17)22)37-36-21-12-11-16-7-5-6-10-20(16)27(21)51(46,47)48;;;/h2-15,36H,1H3,(H,40,41,42)(H,43,44,45)(H,46,47,48)(H,32,33,34,35);;;/q;3*+1/p-3/b37-25-;;;. The van der Waals surface area contributed by atoms with Crippen molar-refractivity contribution in [2.75, 3.05) is 17.4 Å². The summed E-state index contributed by atoms with van der Waals surface area (Å²) in [5.74, 6) is -1.24. The first-order valence-corrected chi connectivity index (χ1v) is 18.7. The molecule has 262 valence electrons. The van der Waals surface area contributed by atoms with Crippen LogP contribution in [0.25, 0.3) is 16.8 Å². The van der Waals surface area contributed by atoms with Crippen LogP contribution in [-0.4, -0.2) is 72.4 Å². The summed E-state index contributed by atoms with van der Waals surface area (Å²) >= 11 is 6.15. The molecule has 1 heterocycles. The number of benzene rings is 4. The van der Waals surface area contributed by atoms with Crippen molar-refractivity contribution >= 4 is 93.3 Å². The number of nitrogens with one attached hydrogen (secondary N) is 2. The van der Waals surface area contributed by atoms with Gasteiger partial charge in [-0.2, -0.15) is 15.1 Å². The predicted molar refractivity (Wildman–Crippen MR) is 180 cm³/mol. The number of allylic oxidation sites excluding steroid dienone is 1. The van der Waals surface area contributed by atoms with Gasteiger partial charge in [0.2, 0.25) is 22.6 Å². The largest absolute Gasteiger partial charge is 1.00 e. The molecule has 1 aromatic heterocycles. The molecule has 0 saturated heterocycles. The van der Waals surface area contributed by atoms with Gasteiger partial charge in [-0.1, -0.05) is 48.5 Å². The molecular weight excluding hydrogens is 819 g/mol. The van der Waals surface area contributed by atoms with Gasteiger partial charge >= 0.3 is 88.7 Å². The molecular formula is C30H19ClN7Na3O10S3. The van der Waals surface area contributed by atoms with Crippen molar-refractivity contribution in [3.05, 3.63) is 106 Å². The Hall–Kier alpha value is -2.35. The molecule has 1 aliphatic carbocycles. The average Bonchev–Trinajstić information content (AvgIpc) is 3.05. The molecule has 1 aliphatic rings. The third-order valence-electron chi connectivity index (χ3n) is 7.37. The minimum atomic E-state index is -5.56. The number of aromatic nitrogens is 3. The van der Waals surface area contributed by atoms with Crippen LogP contribution in [0, 0.1) is 0 Å². The molecule has 0 spiro atoms. The molecule has 0 aliphatic heterocycles. The molecule has 0 bridgehead atoms.